The first-order chi connectivity index (χ1) is 4.91. The summed E-state index contributed by atoms with van der Waals surface area (Å²) in [7, 11) is 0. The Kier molecular flexibility index (Phi) is 1.55. The molecule has 0 aliphatic carbocycles. The first kappa shape index (κ1) is 7.91. The first-order valence-corrected chi connectivity index (χ1v) is 3.52. The lowest BCUT2D eigenvalue weighted by atomic mass is 9.92. The van der Waals surface area contributed by atoms with Crippen LogP contribution in [-0.2, 0) is 5.41 Å². The average Bonchev–Trinajstić information content (AvgIpc) is 2.08. The highest BCUT2D eigenvalue weighted by atomic mass is 15.5. The molecule has 0 aliphatic rings. The molecule has 0 spiro atoms. The molecule has 0 unspecified atom stereocenters. The van der Waals surface area contributed by atoms with Crippen LogP contribution in [0.1, 0.15) is 26.5 Å². The van der Waals surface area contributed by atoms with Gasteiger partial charge < -0.3 is 11.6 Å². The molecule has 0 saturated heterocycles. The van der Waals surface area contributed by atoms with E-state index in [9.17, 15) is 0 Å². The standard InChI is InChI=1S/C7H14N4/c1-7(2,3)5-4-6(8)10-11(5)9/h4H,9H2,1-3H3,(H2,8,10). The molecule has 0 aromatic carbocycles. The maximum atomic E-state index is 5.55. The SMILES string of the molecule is CC(C)(C)c1cc(N)nn1N. The van der Waals surface area contributed by atoms with Crippen LogP contribution in [0.5, 0.6) is 0 Å². The van der Waals surface area contributed by atoms with E-state index in [2.05, 4.69) is 25.9 Å². The number of nitrogens with two attached hydrogens (primary N) is 2. The summed E-state index contributed by atoms with van der Waals surface area (Å²) < 4.78 is 0. The Morgan fingerprint density at radius 2 is 2.00 bits per heavy atom. The van der Waals surface area contributed by atoms with Crippen LogP contribution in [0.15, 0.2) is 6.07 Å². The van der Waals surface area contributed by atoms with Crippen LogP contribution in [0.3, 0.4) is 0 Å². The van der Waals surface area contributed by atoms with Crippen molar-refractivity contribution in [2.45, 2.75) is 26.2 Å². The normalized spacial score (nSPS) is 11.9. The van der Waals surface area contributed by atoms with Crippen molar-refractivity contribution in [3.05, 3.63) is 11.8 Å². The molecule has 4 nitrogen and oxygen atoms in total. The summed E-state index contributed by atoms with van der Waals surface area (Å²) in [6, 6.07) is 1.79. The third-order valence-electron chi connectivity index (χ3n) is 1.52. The lowest BCUT2D eigenvalue weighted by Gasteiger charge is -2.17. The van der Waals surface area contributed by atoms with Gasteiger partial charge in [0.2, 0.25) is 0 Å². The molecule has 0 saturated carbocycles. The van der Waals surface area contributed by atoms with Crippen LogP contribution < -0.4 is 11.6 Å². The molecule has 0 amide bonds. The van der Waals surface area contributed by atoms with E-state index < -0.39 is 0 Å². The van der Waals surface area contributed by atoms with Crippen molar-refractivity contribution in [1.82, 2.24) is 9.89 Å². The van der Waals surface area contributed by atoms with E-state index in [0.29, 0.717) is 5.82 Å². The van der Waals surface area contributed by atoms with Gasteiger partial charge in [-0.05, 0) is 0 Å². The summed E-state index contributed by atoms with van der Waals surface area (Å²) in [6.07, 6.45) is 0. The van der Waals surface area contributed by atoms with Crippen molar-refractivity contribution in [2.24, 2.45) is 0 Å². The van der Waals surface area contributed by atoms with E-state index in [1.54, 1.807) is 6.07 Å². The summed E-state index contributed by atoms with van der Waals surface area (Å²) in [5.41, 5.74) is 6.40. The van der Waals surface area contributed by atoms with E-state index >= 15 is 0 Å². The third kappa shape index (κ3) is 1.45. The van der Waals surface area contributed by atoms with Crippen molar-refractivity contribution in [3.8, 4) is 0 Å². The van der Waals surface area contributed by atoms with Gasteiger partial charge in [0.05, 0.1) is 5.69 Å². The van der Waals surface area contributed by atoms with Gasteiger partial charge in [-0.2, -0.15) is 4.79 Å². The van der Waals surface area contributed by atoms with E-state index in [-0.39, 0.29) is 5.41 Å². The first-order valence-electron chi connectivity index (χ1n) is 3.52. The van der Waals surface area contributed by atoms with E-state index in [1.807, 2.05) is 0 Å². The predicted molar refractivity (Wildman–Crippen MR) is 45.5 cm³/mol. The number of anilines is 1. The summed E-state index contributed by atoms with van der Waals surface area (Å²) in [4.78, 5) is 1.33. The molecule has 1 heterocycles. The summed E-state index contributed by atoms with van der Waals surface area (Å²) >= 11 is 0. The molecule has 1 aromatic rings. The van der Waals surface area contributed by atoms with E-state index in [0.717, 1.165) is 5.69 Å². The quantitative estimate of drug-likeness (QED) is 0.534. The van der Waals surface area contributed by atoms with Gasteiger partial charge in [0.1, 0.15) is 5.82 Å². The molecule has 11 heavy (non-hydrogen) atoms. The Hall–Kier alpha value is -1.19. The largest absolute Gasteiger partial charge is 0.382 e. The van der Waals surface area contributed by atoms with Crippen molar-refractivity contribution in [3.63, 3.8) is 0 Å². The fraction of sp³-hybridized carbons (Fsp3) is 0.571. The van der Waals surface area contributed by atoms with Crippen molar-refractivity contribution in [2.75, 3.05) is 11.6 Å². The summed E-state index contributed by atoms with van der Waals surface area (Å²) in [5.74, 6) is 6.02. The molecule has 0 radical (unpaired) electrons. The van der Waals surface area contributed by atoms with Gasteiger partial charge in [0.25, 0.3) is 0 Å². The molecule has 0 fully saturated rings. The van der Waals surface area contributed by atoms with Crippen LogP contribution in [0.4, 0.5) is 5.82 Å². The molecular formula is C7H14N4. The molecule has 0 bridgehead atoms. The minimum atomic E-state index is -0.000625. The van der Waals surface area contributed by atoms with E-state index in [1.165, 1.54) is 4.79 Å². The Bertz CT molecular complexity index is 256. The number of rotatable bonds is 0. The summed E-state index contributed by atoms with van der Waals surface area (Å²) in [5, 5.41) is 3.85. The molecule has 62 valence electrons. The average molecular weight is 154 g/mol. The lowest BCUT2D eigenvalue weighted by Crippen LogP contribution is -2.23. The molecule has 1 rings (SSSR count). The minimum absolute atomic E-state index is 0.000625. The molecule has 4 N–H and O–H groups in total. The second-order valence-electron chi connectivity index (χ2n) is 3.65. The van der Waals surface area contributed by atoms with Gasteiger partial charge in [-0.25, -0.2) is 0 Å². The van der Waals surface area contributed by atoms with Gasteiger partial charge in [-0.15, -0.1) is 5.10 Å². The van der Waals surface area contributed by atoms with Crippen LogP contribution in [-0.4, -0.2) is 9.89 Å². The molecule has 4 heteroatoms. The summed E-state index contributed by atoms with van der Waals surface area (Å²) in [6.45, 7) is 6.19. The number of aromatic nitrogens is 2. The number of nitrogens with zero attached hydrogens (tertiary/aromatic N) is 2. The zero-order valence-corrected chi connectivity index (χ0v) is 7.13. The smallest absolute Gasteiger partial charge is 0.147 e. The maximum absolute atomic E-state index is 5.55. The fourth-order valence-corrected chi connectivity index (χ4v) is 0.974. The topological polar surface area (TPSA) is 69.9 Å². The van der Waals surface area contributed by atoms with Crippen LogP contribution >= 0.6 is 0 Å². The minimum Gasteiger partial charge on any atom is -0.382 e. The fourth-order valence-electron chi connectivity index (χ4n) is 0.974. The second kappa shape index (κ2) is 2.15. The third-order valence-corrected chi connectivity index (χ3v) is 1.52. The second-order valence-corrected chi connectivity index (χ2v) is 3.65. The molecule has 0 atom stereocenters. The highest BCUT2D eigenvalue weighted by Crippen LogP contribution is 2.21. The van der Waals surface area contributed by atoms with Gasteiger partial charge >= 0.3 is 0 Å². The van der Waals surface area contributed by atoms with Gasteiger partial charge in [-0.3, -0.25) is 0 Å². The zero-order chi connectivity index (χ0) is 8.65. The molecule has 0 aliphatic heterocycles. The zero-order valence-electron chi connectivity index (χ0n) is 7.13. The maximum Gasteiger partial charge on any atom is 0.147 e. The highest BCUT2D eigenvalue weighted by molar-refractivity contribution is 5.32. The van der Waals surface area contributed by atoms with Gasteiger partial charge in [-0.1, -0.05) is 20.8 Å². The monoisotopic (exact) mass is 154 g/mol. The molecule has 1 aromatic heterocycles. The van der Waals surface area contributed by atoms with Crippen LogP contribution in [0.2, 0.25) is 0 Å². The number of hydrogen-bond acceptors (Lipinski definition) is 3. The Morgan fingerprint density at radius 1 is 1.45 bits per heavy atom. The Balaban J connectivity index is 3.13. The Labute approximate surface area is 66.1 Å². The van der Waals surface area contributed by atoms with Crippen molar-refractivity contribution < 1.29 is 0 Å². The van der Waals surface area contributed by atoms with E-state index in [4.69, 9.17) is 11.6 Å². The number of hydrogen-bond donors (Lipinski definition) is 2. The lowest BCUT2D eigenvalue weighted by molar-refractivity contribution is 0.535. The van der Waals surface area contributed by atoms with Crippen molar-refractivity contribution >= 4 is 5.82 Å². The van der Waals surface area contributed by atoms with Crippen molar-refractivity contribution in [1.29, 1.82) is 0 Å². The molecular weight excluding hydrogens is 140 g/mol. The number of nitrogen functional groups attached to an aromatic ring is 2. The van der Waals surface area contributed by atoms with Crippen LogP contribution in [0, 0.1) is 0 Å². The van der Waals surface area contributed by atoms with Crippen LogP contribution in [0.25, 0.3) is 0 Å². The van der Waals surface area contributed by atoms with Gasteiger partial charge in [0, 0.05) is 11.5 Å². The predicted octanol–water partition coefficient (Wildman–Crippen LogP) is 0.477. The van der Waals surface area contributed by atoms with Gasteiger partial charge in [0.15, 0.2) is 0 Å². The Morgan fingerprint density at radius 3 is 2.18 bits per heavy atom. The highest BCUT2D eigenvalue weighted by Gasteiger charge is 2.18.